The van der Waals surface area contributed by atoms with E-state index in [0.717, 1.165) is 116 Å². The number of aliphatic hydroxyl groups excluding tert-OH is 5. The number of carbonyl (C=O) groups excluding carboxylic acids is 1. The smallest absolute Gasteiger partial charge is 0.220 e. The number of hydrogen-bond donors (Lipinski definition) is 6. The molecule has 0 radical (unpaired) electrons. The van der Waals surface area contributed by atoms with E-state index in [1.165, 1.54) is 89.9 Å². The Hall–Kier alpha value is -3.93. The van der Waals surface area contributed by atoms with Crippen molar-refractivity contribution in [3.8, 4) is 0 Å². The van der Waals surface area contributed by atoms with E-state index in [1.54, 1.807) is 6.08 Å². The van der Waals surface area contributed by atoms with Gasteiger partial charge in [0.15, 0.2) is 6.29 Å². The minimum atomic E-state index is -1.58. The Morgan fingerprint density at radius 1 is 0.449 bits per heavy atom. The standard InChI is InChI=1S/C69H113NO8/c1-3-5-7-9-11-13-15-17-19-20-21-22-23-24-25-26-27-28-29-30-31-32-33-34-35-36-37-38-39-40-41-42-43-44-45-47-49-51-53-55-57-59-65(73)70-62(61-77-69-68(76)67(75)66(74)64(60-71)78-69)63(72)58-56-54-52-50-48-46-18-16-14-12-10-8-6-4-2/h5,7,11,13-14,16-17,19,21-22,24-25,27-28,30-31,33-34,36-37,48,50,56,58,62-64,66-69,71-72,74-76H,3-4,6,8-10,12,15,18,20,23,26,29,32,35,38-47,49,51-55,57,59-61H2,1-2H3,(H,70,73)/b7-5-,13-11-,16-14+,19-17-,22-21-,25-24-,28-27-,31-30-,34-33-,37-36-,50-48+,58-56+. The van der Waals surface area contributed by atoms with Gasteiger partial charge in [-0.3, -0.25) is 4.79 Å². The van der Waals surface area contributed by atoms with Crippen molar-refractivity contribution in [2.75, 3.05) is 13.2 Å². The lowest BCUT2D eigenvalue weighted by atomic mass is 9.99. The minimum absolute atomic E-state index is 0.199. The van der Waals surface area contributed by atoms with E-state index in [9.17, 15) is 30.3 Å². The molecule has 7 atom stereocenters. The first kappa shape index (κ1) is 72.1. The second kappa shape index (κ2) is 56.3. The molecule has 9 nitrogen and oxygen atoms in total. The van der Waals surface area contributed by atoms with Crippen molar-refractivity contribution >= 4 is 5.91 Å². The van der Waals surface area contributed by atoms with Crippen LogP contribution in [0.4, 0.5) is 0 Å². The zero-order valence-electron chi connectivity index (χ0n) is 49.1. The molecule has 0 aliphatic carbocycles. The molecule has 1 heterocycles. The predicted octanol–water partition coefficient (Wildman–Crippen LogP) is 16.2. The fraction of sp³-hybridized carbons (Fsp3) is 0.638. The van der Waals surface area contributed by atoms with Gasteiger partial charge >= 0.3 is 0 Å². The minimum Gasteiger partial charge on any atom is -0.394 e. The molecule has 9 heteroatoms. The highest BCUT2D eigenvalue weighted by Gasteiger charge is 2.44. The van der Waals surface area contributed by atoms with Crippen molar-refractivity contribution in [3.05, 3.63) is 146 Å². The molecule has 0 spiro atoms. The van der Waals surface area contributed by atoms with Crippen LogP contribution in [0.5, 0.6) is 0 Å². The molecule has 0 aromatic heterocycles. The average molecular weight is 1080 g/mol. The van der Waals surface area contributed by atoms with E-state index in [2.05, 4.69) is 153 Å². The summed E-state index contributed by atoms with van der Waals surface area (Å²) >= 11 is 0. The number of carbonyl (C=O) groups is 1. The molecule has 7 unspecified atom stereocenters. The molecule has 0 aromatic rings. The van der Waals surface area contributed by atoms with Crippen molar-refractivity contribution in [2.45, 2.75) is 269 Å². The lowest BCUT2D eigenvalue weighted by molar-refractivity contribution is -0.302. The first-order valence-electron chi connectivity index (χ1n) is 31.1. The highest BCUT2D eigenvalue weighted by atomic mass is 16.7. The highest BCUT2D eigenvalue weighted by molar-refractivity contribution is 5.76. The average Bonchev–Trinajstić information content (AvgIpc) is 3.46. The van der Waals surface area contributed by atoms with Gasteiger partial charge < -0.3 is 40.3 Å². The van der Waals surface area contributed by atoms with Gasteiger partial charge in [0.05, 0.1) is 25.4 Å². The summed E-state index contributed by atoms with van der Waals surface area (Å²) < 4.78 is 11.2. The van der Waals surface area contributed by atoms with E-state index in [4.69, 9.17) is 9.47 Å². The number of nitrogens with one attached hydrogen (secondary N) is 1. The van der Waals surface area contributed by atoms with Crippen LogP contribution in [-0.2, 0) is 14.3 Å². The molecule has 1 fully saturated rings. The summed E-state index contributed by atoms with van der Waals surface area (Å²) in [5.74, 6) is -0.199. The summed E-state index contributed by atoms with van der Waals surface area (Å²) in [6.45, 7) is 3.60. The summed E-state index contributed by atoms with van der Waals surface area (Å²) in [6.07, 6.45) is 80.7. The van der Waals surface area contributed by atoms with Gasteiger partial charge in [0.2, 0.25) is 5.91 Å². The zero-order valence-corrected chi connectivity index (χ0v) is 49.1. The maximum Gasteiger partial charge on any atom is 0.220 e. The second-order valence-electron chi connectivity index (χ2n) is 20.7. The van der Waals surface area contributed by atoms with Crippen LogP contribution < -0.4 is 5.32 Å². The van der Waals surface area contributed by atoms with Gasteiger partial charge in [0, 0.05) is 6.42 Å². The molecule has 1 saturated heterocycles. The fourth-order valence-electron chi connectivity index (χ4n) is 8.77. The van der Waals surface area contributed by atoms with Crippen LogP contribution in [0.2, 0.25) is 0 Å². The molecule has 6 N–H and O–H groups in total. The van der Waals surface area contributed by atoms with Crippen LogP contribution in [0.15, 0.2) is 146 Å². The maximum absolute atomic E-state index is 13.0. The molecule has 1 aliphatic heterocycles. The number of ether oxygens (including phenoxy) is 2. The molecular weight excluding hydrogens is 971 g/mol. The first-order chi connectivity index (χ1) is 38.3. The SMILES string of the molecule is CC/C=C\C/C=C\C/C=C\C/C=C\C/C=C\C/C=C\C/C=C\C/C=C\C/C=C\CCCCCCCCCCCCCCCC(=O)NC(COC1OC(CO)C(O)C(O)C1O)C(O)/C=C/CC/C=C/CC/C=C/CCCCCC. The molecular formula is C69H113NO8. The molecule has 442 valence electrons. The van der Waals surface area contributed by atoms with Crippen LogP contribution in [-0.4, -0.2) is 87.5 Å². The lowest BCUT2D eigenvalue weighted by Crippen LogP contribution is -2.60. The fourth-order valence-corrected chi connectivity index (χ4v) is 8.77. The summed E-state index contributed by atoms with van der Waals surface area (Å²) in [7, 11) is 0. The third-order valence-electron chi connectivity index (χ3n) is 13.6. The molecule has 78 heavy (non-hydrogen) atoms. The summed E-state index contributed by atoms with van der Waals surface area (Å²) in [5.41, 5.74) is 0. The van der Waals surface area contributed by atoms with Crippen molar-refractivity contribution in [2.24, 2.45) is 0 Å². The monoisotopic (exact) mass is 1080 g/mol. The Kier molecular flexibility index (Phi) is 52.1. The van der Waals surface area contributed by atoms with Gasteiger partial charge in [-0.1, -0.05) is 250 Å². The Morgan fingerprint density at radius 2 is 0.808 bits per heavy atom. The van der Waals surface area contributed by atoms with Gasteiger partial charge in [-0.15, -0.1) is 0 Å². The Balaban J connectivity index is 2.13. The molecule has 0 aromatic carbocycles. The van der Waals surface area contributed by atoms with E-state index in [0.29, 0.717) is 6.42 Å². The van der Waals surface area contributed by atoms with Crippen LogP contribution in [0.3, 0.4) is 0 Å². The van der Waals surface area contributed by atoms with E-state index >= 15 is 0 Å². The van der Waals surface area contributed by atoms with Crippen LogP contribution in [0, 0.1) is 0 Å². The van der Waals surface area contributed by atoms with Crippen LogP contribution in [0.1, 0.15) is 226 Å². The van der Waals surface area contributed by atoms with Gasteiger partial charge in [-0.25, -0.2) is 0 Å². The lowest BCUT2D eigenvalue weighted by Gasteiger charge is -2.40. The van der Waals surface area contributed by atoms with Gasteiger partial charge in [0.1, 0.15) is 24.4 Å². The molecule has 1 aliphatic rings. The van der Waals surface area contributed by atoms with Crippen molar-refractivity contribution in [1.29, 1.82) is 0 Å². The molecule has 1 rings (SSSR count). The highest BCUT2D eigenvalue weighted by Crippen LogP contribution is 2.23. The normalized spacial score (nSPS) is 19.7. The third kappa shape index (κ3) is 44.9. The zero-order chi connectivity index (χ0) is 56.5. The quantitative estimate of drug-likeness (QED) is 0.0261. The Morgan fingerprint density at radius 3 is 1.23 bits per heavy atom. The third-order valence-corrected chi connectivity index (χ3v) is 13.6. The topological polar surface area (TPSA) is 149 Å². The number of amides is 1. The van der Waals surface area contributed by atoms with Crippen LogP contribution >= 0.6 is 0 Å². The second-order valence-corrected chi connectivity index (χ2v) is 20.7. The van der Waals surface area contributed by atoms with Gasteiger partial charge in [-0.05, 0) is 116 Å². The van der Waals surface area contributed by atoms with Crippen molar-refractivity contribution in [1.82, 2.24) is 5.32 Å². The number of rotatable bonds is 51. The van der Waals surface area contributed by atoms with E-state index < -0.39 is 49.5 Å². The number of hydrogen-bond acceptors (Lipinski definition) is 8. The van der Waals surface area contributed by atoms with Gasteiger partial charge in [0.25, 0.3) is 0 Å². The van der Waals surface area contributed by atoms with Crippen LogP contribution in [0.25, 0.3) is 0 Å². The predicted molar refractivity (Wildman–Crippen MR) is 331 cm³/mol. The van der Waals surface area contributed by atoms with Gasteiger partial charge in [-0.2, -0.15) is 0 Å². The summed E-state index contributed by atoms with van der Waals surface area (Å²) in [5, 5.41) is 54.4. The van der Waals surface area contributed by atoms with Crippen molar-refractivity contribution in [3.63, 3.8) is 0 Å². The molecule has 0 saturated carbocycles. The van der Waals surface area contributed by atoms with Crippen molar-refractivity contribution < 1.29 is 39.8 Å². The molecule has 0 bridgehead atoms. The Bertz CT molecular complexity index is 1730. The maximum atomic E-state index is 13.0. The summed E-state index contributed by atoms with van der Waals surface area (Å²) in [4.78, 5) is 13.0. The Labute approximate surface area is 476 Å². The van der Waals surface area contributed by atoms with E-state index in [-0.39, 0.29) is 12.5 Å². The summed E-state index contributed by atoms with van der Waals surface area (Å²) in [6, 6.07) is -0.837. The first-order valence-corrected chi connectivity index (χ1v) is 31.1. The molecule has 1 amide bonds. The largest absolute Gasteiger partial charge is 0.394 e. The number of allylic oxidation sites excluding steroid dienone is 23. The number of aliphatic hydroxyl groups is 5. The number of unbranched alkanes of at least 4 members (excludes halogenated alkanes) is 19. The van der Waals surface area contributed by atoms with E-state index in [1.807, 2.05) is 6.08 Å².